The van der Waals surface area contributed by atoms with Gasteiger partial charge in [-0.3, -0.25) is 0 Å². The van der Waals surface area contributed by atoms with E-state index in [-0.39, 0.29) is 30.9 Å². The SMILES string of the molecule is CC(C)(C)OC(=O)N1CC2(CC[C@H](c3ccc(C(F)(F)F)cc3)C2)C1.S. The molecule has 26 heavy (non-hydrogen) atoms. The van der Waals surface area contributed by atoms with Crippen molar-refractivity contribution in [1.82, 2.24) is 4.90 Å². The quantitative estimate of drug-likeness (QED) is 0.650. The van der Waals surface area contributed by atoms with Crippen molar-refractivity contribution in [2.45, 2.75) is 57.7 Å². The summed E-state index contributed by atoms with van der Waals surface area (Å²) in [5.74, 6) is 0.267. The van der Waals surface area contributed by atoms with E-state index in [2.05, 4.69) is 0 Å². The van der Waals surface area contributed by atoms with E-state index in [1.165, 1.54) is 0 Å². The topological polar surface area (TPSA) is 29.5 Å². The second kappa shape index (κ2) is 6.98. The van der Waals surface area contributed by atoms with Gasteiger partial charge in [-0.05, 0) is 63.6 Å². The van der Waals surface area contributed by atoms with E-state index in [0.29, 0.717) is 13.1 Å². The maximum absolute atomic E-state index is 12.7. The highest BCUT2D eigenvalue weighted by Gasteiger charge is 2.50. The van der Waals surface area contributed by atoms with Crippen LogP contribution in [0, 0.1) is 5.41 Å². The van der Waals surface area contributed by atoms with Crippen LogP contribution in [-0.4, -0.2) is 29.7 Å². The van der Waals surface area contributed by atoms with Crippen LogP contribution in [0.4, 0.5) is 18.0 Å². The lowest BCUT2D eigenvalue weighted by molar-refractivity contribution is -0.137. The number of ether oxygens (including phenoxy) is 1. The molecular formula is C19H26F3NO2S. The van der Waals surface area contributed by atoms with E-state index in [1.54, 1.807) is 17.0 Å². The molecule has 0 N–H and O–H groups in total. The molecule has 3 rings (SSSR count). The van der Waals surface area contributed by atoms with Gasteiger partial charge in [0.05, 0.1) is 5.56 Å². The molecule has 2 fully saturated rings. The Bertz CT molecular complexity index is 646. The first-order chi connectivity index (χ1) is 11.5. The van der Waals surface area contributed by atoms with Crippen LogP contribution in [-0.2, 0) is 10.9 Å². The second-order valence-corrected chi connectivity index (χ2v) is 8.40. The molecule has 1 spiro atoms. The van der Waals surface area contributed by atoms with E-state index < -0.39 is 17.3 Å². The lowest BCUT2D eigenvalue weighted by Crippen LogP contribution is -2.58. The Morgan fingerprint density at radius 1 is 1.15 bits per heavy atom. The standard InChI is InChI=1S/C19H24F3NO2.H2S/c1-17(2,3)25-16(24)23-11-18(12-23)9-8-14(10-18)13-4-6-15(7-5-13)19(20,21)22;/h4-7,14H,8-12H2,1-3H3;1H2/t14-;/m0./s1. The fraction of sp³-hybridized carbons (Fsp3) is 0.632. The predicted molar refractivity (Wildman–Crippen MR) is 98.7 cm³/mol. The first kappa shape index (κ1) is 20.9. The van der Waals surface area contributed by atoms with Gasteiger partial charge in [-0.15, -0.1) is 0 Å². The van der Waals surface area contributed by atoms with E-state index in [4.69, 9.17) is 4.74 Å². The summed E-state index contributed by atoms with van der Waals surface area (Å²) in [4.78, 5) is 13.8. The fourth-order valence-electron chi connectivity index (χ4n) is 3.94. The molecule has 0 radical (unpaired) electrons. The van der Waals surface area contributed by atoms with Crippen LogP contribution in [0.2, 0.25) is 0 Å². The monoisotopic (exact) mass is 389 g/mol. The fourth-order valence-corrected chi connectivity index (χ4v) is 3.94. The molecule has 1 saturated carbocycles. The highest BCUT2D eigenvalue weighted by Crippen LogP contribution is 2.52. The lowest BCUT2D eigenvalue weighted by atomic mass is 9.77. The van der Waals surface area contributed by atoms with Crippen molar-refractivity contribution < 1.29 is 22.7 Å². The van der Waals surface area contributed by atoms with Gasteiger partial charge in [0, 0.05) is 18.5 Å². The molecule has 2 aliphatic rings. The van der Waals surface area contributed by atoms with Crippen molar-refractivity contribution >= 4 is 19.6 Å². The second-order valence-electron chi connectivity index (χ2n) is 8.40. The maximum Gasteiger partial charge on any atom is 0.416 e. The third kappa shape index (κ3) is 4.48. The molecule has 1 saturated heterocycles. The zero-order valence-electron chi connectivity index (χ0n) is 15.3. The largest absolute Gasteiger partial charge is 0.444 e. The van der Waals surface area contributed by atoms with Gasteiger partial charge in [-0.1, -0.05) is 12.1 Å². The van der Waals surface area contributed by atoms with Gasteiger partial charge in [-0.2, -0.15) is 26.7 Å². The number of hydrogen-bond donors (Lipinski definition) is 0. The number of rotatable bonds is 1. The predicted octanol–water partition coefficient (Wildman–Crippen LogP) is 5.32. The Kier molecular flexibility index (Phi) is 5.62. The summed E-state index contributed by atoms with van der Waals surface area (Å²) in [6.45, 7) is 6.89. The first-order valence-electron chi connectivity index (χ1n) is 8.63. The number of nitrogens with zero attached hydrogens (tertiary/aromatic N) is 1. The minimum Gasteiger partial charge on any atom is -0.444 e. The van der Waals surface area contributed by atoms with Crippen LogP contribution in [0.25, 0.3) is 0 Å². The van der Waals surface area contributed by atoms with Gasteiger partial charge in [-0.25, -0.2) is 4.79 Å². The third-order valence-electron chi connectivity index (χ3n) is 5.12. The number of benzene rings is 1. The van der Waals surface area contributed by atoms with Crippen LogP contribution in [0.15, 0.2) is 24.3 Å². The number of hydrogen-bond acceptors (Lipinski definition) is 2. The average molecular weight is 389 g/mol. The highest BCUT2D eigenvalue weighted by atomic mass is 32.1. The van der Waals surface area contributed by atoms with Gasteiger partial charge in [0.2, 0.25) is 0 Å². The summed E-state index contributed by atoms with van der Waals surface area (Å²) >= 11 is 0. The van der Waals surface area contributed by atoms with Crippen molar-refractivity contribution in [3.63, 3.8) is 0 Å². The Morgan fingerprint density at radius 3 is 2.23 bits per heavy atom. The van der Waals surface area contributed by atoms with Gasteiger partial charge < -0.3 is 9.64 Å². The molecule has 0 bridgehead atoms. The van der Waals surface area contributed by atoms with Crippen LogP contribution >= 0.6 is 13.5 Å². The Balaban J connectivity index is 0.00000243. The number of likely N-dealkylation sites (tertiary alicyclic amines) is 1. The summed E-state index contributed by atoms with van der Waals surface area (Å²) in [6.07, 6.45) is -1.71. The van der Waals surface area contributed by atoms with Gasteiger partial charge >= 0.3 is 12.3 Å². The molecule has 1 amide bonds. The summed E-state index contributed by atoms with van der Waals surface area (Å²) in [5.41, 5.74) is -0.0490. The molecule has 0 aromatic heterocycles. The molecule has 7 heteroatoms. The number of carbonyl (C=O) groups is 1. The van der Waals surface area contributed by atoms with Crippen molar-refractivity contribution in [2.24, 2.45) is 5.41 Å². The molecule has 0 unspecified atom stereocenters. The van der Waals surface area contributed by atoms with Crippen molar-refractivity contribution in [1.29, 1.82) is 0 Å². The van der Waals surface area contributed by atoms with Gasteiger partial charge in [0.15, 0.2) is 0 Å². The summed E-state index contributed by atoms with van der Waals surface area (Å²) < 4.78 is 43.4. The maximum atomic E-state index is 12.7. The number of carbonyl (C=O) groups excluding carboxylic acids is 1. The van der Waals surface area contributed by atoms with Crippen LogP contribution < -0.4 is 0 Å². The van der Waals surface area contributed by atoms with Gasteiger partial charge in [0.25, 0.3) is 0 Å². The molecule has 1 aromatic rings. The van der Waals surface area contributed by atoms with Crippen molar-refractivity contribution in [3.8, 4) is 0 Å². The smallest absolute Gasteiger partial charge is 0.416 e. The normalized spacial score (nSPS) is 21.9. The third-order valence-corrected chi connectivity index (χ3v) is 5.12. The van der Waals surface area contributed by atoms with E-state index in [9.17, 15) is 18.0 Å². The Labute approximate surface area is 159 Å². The van der Waals surface area contributed by atoms with Crippen LogP contribution in [0.1, 0.15) is 57.1 Å². The Hall–Kier alpha value is -1.37. The lowest BCUT2D eigenvalue weighted by Gasteiger charge is -2.48. The van der Waals surface area contributed by atoms with Crippen LogP contribution in [0.3, 0.4) is 0 Å². The molecular weight excluding hydrogens is 363 g/mol. The molecule has 1 aliphatic heterocycles. The zero-order chi connectivity index (χ0) is 18.5. The molecule has 1 aromatic carbocycles. The summed E-state index contributed by atoms with van der Waals surface area (Å²) in [5, 5.41) is 0. The van der Waals surface area contributed by atoms with Crippen molar-refractivity contribution in [2.75, 3.05) is 13.1 Å². The highest BCUT2D eigenvalue weighted by molar-refractivity contribution is 7.59. The Morgan fingerprint density at radius 2 is 1.73 bits per heavy atom. The molecule has 1 aliphatic carbocycles. The summed E-state index contributed by atoms with van der Waals surface area (Å²) in [7, 11) is 0. The van der Waals surface area contributed by atoms with E-state index in [1.807, 2.05) is 20.8 Å². The molecule has 3 nitrogen and oxygen atoms in total. The van der Waals surface area contributed by atoms with Crippen molar-refractivity contribution in [3.05, 3.63) is 35.4 Å². The van der Waals surface area contributed by atoms with E-state index in [0.717, 1.165) is 37.0 Å². The number of amides is 1. The molecule has 1 heterocycles. The number of alkyl halides is 3. The molecule has 1 atom stereocenters. The van der Waals surface area contributed by atoms with E-state index >= 15 is 0 Å². The van der Waals surface area contributed by atoms with Crippen LogP contribution in [0.5, 0.6) is 0 Å². The van der Waals surface area contributed by atoms with Gasteiger partial charge in [0.1, 0.15) is 5.60 Å². The minimum absolute atomic E-state index is 0. The number of halogens is 3. The zero-order valence-corrected chi connectivity index (χ0v) is 16.3. The molecule has 146 valence electrons. The average Bonchev–Trinajstić information content (AvgIpc) is 2.88. The first-order valence-corrected chi connectivity index (χ1v) is 8.63. The summed E-state index contributed by atoms with van der Waals surface area (Å²) in [6, 6.07) is 5.51. The minimum atomic E-state index is -4.29.